The number of fused-ring (bicyclic) bond motifs is 3. The quantitative estimate of drug-likeness (QED) is 0.156. The Kier molecular flexibility index (Phi) is 6.85. The van der Waals surface area contributed by atoms with Gasteiger partial charge in [-0.2, -0.15) is 29.8 Å². The molecule has 4 aromatic carbocycles. The predicted octanol–water partition coefficient (Wildman–Crippen LogP) is 5.07. The van der Waals surface area contributed by atoms with Crippen LogP contribution in [0.3, 0.4) is 0 Å². The molecule has 0 unspecified atom stereocenters. The molecule has 0 atom stereocenters. The molecule has 5 rings (SSSR count). The van der Waals surface area contributed by atoms with E-state index in [9.17, 15) is 0 Å². The summed E-state index contributed by atoms with van der Waals surface area (Å²) < 4.78 is 1.89. The van der Waals surface area contributed by atoms with Crippen LogP contribution in [-0.2, 0) is 39.8 Å². The van der Waals surface area contributed by atoms with Gasteiger partial charge in [0.1, 0.15) is 0 Å². The number of hydrogen-bond acceptors (Lipinski definition) is 1. The van der Waals surface area contributed by atoms with Crippen molar-refractivity contribution in [3.05, 3.63) is 96.7 Å². The molecule has 0 amide bonds. The summed E-state index contributed by atoms with van der Waals surface area (Å²) >= 11 is 0. The maximum atomic E-state index is 4.38. The third-order valence-corrected chi connectivity index (χ3v) is 5.31. The molecule has 4 heteroatoms. The minimum Gasteiger partial charge on any atom is -0.201 e. The monoisotopic (exact) mass is 459 g/mol. The van der Waals surface area contributed by atoms with Gasteiger partial charge in [0.15, 0.2) is 12.7 Å². The van der Waals surface area contributed by atoms with Crippen molar-refractivity contribution in [2.75, 3.05) is 0 Å². The minimum atomic E-state index is 0. The average molecular weight is 459 g/mol. The van der Waals surface area contributed by atoms with Gasteiger partial charge in [-0.25, -0.2) is 5.56 Å². The summed E-state index contributed by atoms with van der Waals surface area (Å²) in [7, 11) is 1.97. The molecular weight excluding hydrogens is 440 g/mol. The van der Waals surface area contributed by atoms with Crippen LogP contribution in [0.15, 0.2) is 79.0 Å². The van der Waals surface area contributed by atoms with Crippen LogP contribution in [-0.4, -0.2) is 13.5 Å². The van der Waals surface area contributed by atoms with E-state index in [0.29, 0.717) is 0 Å². The molecule has 4 radical (unpaired) electrons. The Morgan fingerprint density at radius 2 is 1.63 bits per heavy atom. The Morgan fingerprint density at radius 3 is 2.47 bits per heavy atom. The molecule has 0 bridgehead atoms. The maximum absolute atomic E-state index is 4.38. The SMILES string of the molecule is Cc1ccc(-c2[c-]ccc3ccc4ccccc4c23)[c-]c1-c1cccn[n+]1C.[B].[Y]. The fourth-order valence-corrected chi connectivity index (χ4v) is 3.87. The second-order valence-corrected chi connectivity index (χ2v) is 7.07. The van der Waals surface area contributed by atoms with Gasteiger partial charge in [-0.05, 0) is 22.6 Å². The molecule has 1 aromatic heterocycles. The van der Waals surface area contributed by atoms with Gasteiger partial charge in [0.05, 0.1) is 6.20 Å². The molecule has 0 saturated carbocycles. The molecule has 30 heavy (non-hydrogen) atoms. The van der Waals surface area contributed by atoms with Gasteiger partial charge >= 0.3 is 0 Å². The smallest absolute Gasteiger partial charge is 0.175 e. The van der Waals surface area contributed by atoms with E-state index in [1.54, 1.807) is 6.20 Å². The Labute approximate surface area is 204 Å². The number of rotatable bonds is 2. The summed E-state index contributed by atoms with van der Waals surface area (Å²) in [6, 6.07) is 32.5. The average Bonchev–Trinajstić information content (AvgIpc) is 2.74. The van der Waals surface area contributed by atoms with Crippen molar-refractivity contribution in [1.82, 2.24) is 5.10 Å². The van der Waals surface area contributed by atoms with Crippen LogP contribution in [0.25, 0.3) is 43.9 Å². The number of benzene rings is 4. The van der Waals surface area contributed by atoms with Crippen molar-refractivity contribution in [3.63, 3.8) is 0 Å². The molecule has 0 saturated heterocycles. The van der Waals surface area contributed by atoms with Gasteiger partial charge < -0.3 is 0 Å². The zero-order chi connectivity index (χ0) is 19.1. The standard InChI is InChI=1S/C26H19N2.B.Y/c1-18-12-13-21(17-24(18)25-11-6-16-27-28(25)2)23-10-5-8-20-15-14-19-7-3-4-9-22(19)26(20)23;;/h3-9,11-16H,1-2H3;;/q-1;;. The van der Waals surface area contributed by atoms with Gasteiger partial charge in [-0.3, -0.25) is 0 Å². The van der Waals surface area contributed by atoms with Crippen molar-refractivity contribution in [1.29, 1.82) is 0 Å². The fourth-order valence-electron chi connectivity index (χ4n) is 3.87. The van der Waals surface area contributed by atoms with Gasteiger partial charge in [-0.15, -0.1) is 33.2 Å². The van der Waals surface area contributed by atoms with Crippen molar-refractivity contribution < 1.29 is 37.4 Å². The van der Waals surface area contributed by atoms with E-state index in [1.807, 2.05) is 23.9 Å². The normalized spacial score (nSPS) is 10.5. The van der Waals surface area contributed by atoms with Crippen LogP contribution >= 0.6 is 0 Å². The molecule has 5 aromatic rings. The van der Waals surface area contributed by atoms with Crippen LogP contribution in [0, 0.1) is 19.1 Å². The van der Waals surface area contributed by atoms with Crippen molar-refractivity contribution in [2.45, 2.75) is 6.92 Å². The molecule has 2 nitrogen and oxygen atoms in total. The number of hydrogen-bond donors (Lipinski definition) is 0. The number of aromatic nitrogens is 2. The van der Waals surface area contributed by atoms with Gasteiger partial charge in [-0.1, -0.05) is 54.3 Å². The van der Waals surface area contributed by atoms with Crippen LogP contribution in [0.4, 0.5) is 0 Å². The van der Waals surface area contributed by atoms with E-state index in [0.717, 1.165) is 22.4 Å². The summed E-state index contributed by atoms with van der Waals surface area (Å²) in [5.74, 6) is 0. The Morgan fingerprint density at radius 1 is 0.833 bits per heavy atom. The van der Waals surface area contributed by atoms with Gasteiger partial charge in [0.25, 0.3) is 0 Å². The molecular formula is C26H19BN2Y-. The minimum absolute atomic E-state index is 0. The second kappa shape index (κ2) is 9.20. The van der Waals surface area contributed by atoms with Crippen LogP contribution in [0.1, 0.15) is 5.56 Å². The molecule has 0 aliphatic rings. The molecule has 140 valence electrons. The summed E-state index contributed by atoms with van der Waals surface area (Å²) in [4.78, 5) is 0. The largest absolute Gasteiger partial charge is 0.201 e. The molecule has 0 spiro atoms. The molecule has 0 aliphatic carbocycles. The van der Waals surface area contributed by atoms with Crippen LogP contribution < -0.4 is 4.68 Å². The first-order valence-electron chi connectivity index (χ1n) is 9.39. The van der Waals surface area contributed by atoms with E-state index in [1.165, 1.54) is 27.1 Å². The van der Waals surface area contributed by atoms with Crippen molar-refractivity contribution >= 4 is 30.0 Å². The van der Waals surface area contributed by atoms with Crippen LogP contribution in [0.5, 0.6) is 0 Å². The molecule has 0 fully saturated rings. The number of aryl methyl sites for hydroxylation is 2. The number of nitrogens with zero attached hydrogens (tertiary/aromatic N) is 2. The van der Waals surface area contributed by atoms with E-state index in [4.69, 9.17) is 0 Å². The fraction of sp³-hybridized carbons (Fsp3) is 0.0769. The Bertz CT molecular complexity index is 1350. The Balaban J connectivity index is 0.00000128. The van der Waals surface area contributed by atoms with Gasteiger partial charge in [0, 0.05) is 41.1 Å². The van der Waals surface area contributed by atoms with Crippen molar-refractivity contribution in [2.24, 2.45) is 7.05 Å². The van der Waals surface area contributed by atoms with Gasteiger partial charge in [0.2, 0.25) is 0 Å². The van der Waals surface area contributed by atoms with E-state index in [-0.39, 0.29) is 41.1 Å². The van der Waals surface area contributed by atoms with E-state index < -0.39 is 0 Å². The topological polar surface area (TPSA) is 16.8 Å². The van der Waals surface area contributed by atoms with E-state index in [2.05, 4.69) is 84.8 Å². The molecule has 0 N–H and O–H groups in total. The maximum Gasteiger partial charge on any atom is 0.175 e. The molecule has 1 heterocycles. The summed E-state index contributed by atoms with van der Waals surface area (Å²) in [5.41, 5.74) is 5.43. The second-order valence-electron chi connectivity index (χ2n) is 7.07. The van der Waals surface area contributed by atoms with Crippen LogP contribution in [0.2, 0.25) is 0 Å². The summed E-state index contributed by atoms with van der Waals surface area (Å²) in [5, 5.41) is 9.30. The predicted molar refractivity (Wildman–Crippen MR) is 119 cm³/mol. The Hall–Kier alpha value is -2.35. The first-order chi connectivity index (χ1) is 13.7. The zero-order valence-electron chi connectivity index (χ0n) is 17.1. The summed E-state index contributed by atoms with van der Waals surface area (Å²) in [6.45, 7) is 2.12. The van der Waals surface area contributed by atoms with Crippen molar-refractivity contribution in [3.8, 4) is 22.4 Å². The molecule has 0 aliphatic heterocycles. The third-order valence-electron chi connectivity index (χ3n) is 5.31. The van der Waals surface area contributed by atoms with E-state index >= 15 is 0 Å². The zero-order valence-corrected chi connectivity index (χ0v) is 19.9. The third kappa shape index (κ3) is 3.85. The first kappa shape index (κ1) is 22.3. The summed E-state index contributed by atoms with van der Waals surface area (Å²) in [6.07, 6.45) is 1.80. The first-order valence-corrected chi connectivity index (χ1v) is 9.39.